The molecule has 114 valence electrons. The molecule has 8 heteroatoms. The zero-order valence-electron chi connectivity index (χ0n) is 11.4. The van der Waals surface area contributed by atoms with Crippen molar-refractivity contribution in [3.63, 3.8) is 0 Å². The van der Waals surface area contributed by atoms with Crippen molar-refractivity contribution in [3.8, 4) is 0 Å². The van der Waals surface area contributed by atoms with E-state index in [2.05, 4.69) is 15.4 Å². The summed E-state index contributed by atoms with van der Waals surface area (Å²) in [5.74, 6) is 0.335. The summed E-state index contributed by atoms with van der Waals surface area (Å²) in [5.41, 5.74) is 0. The second-order valence-corrected chi connectivity index (χ2v) is 6.68. The van der Waals surface area contributed by atoms with Gasteiger partial charge in [-0.1, -0.05) is 0 Å². The molecule has 1 saturated heterocycles. The molecule has 0 aromatic rings. The van der Waals surface area contributed by atoms with Crippen LogP contribution in [0, 0.1) is 5.92 Å². The van der Waals surface area contributed by atoms with Crippen LogP contribution in [0.15, 0.2) is 0 Å². The molecule has 0 radical (unpaired) electrons. The molecule has 3 N–H and O–H groups in total. The SMILES string of the molecule is CC(NS(C)(=O)=O)C(=O)NCCC1CCCNC1.Cl. The van der Waals surface area contributed by atoms with Gasteiger partial charge in [0.05, 0.1) is 12.3 Å². The monoisotopic (exact) mass is 313 g/mol. The van der Waals surface area contributed by atoms with Crippen molar-refractivity contribution >= 4 is 28.3 Å². The summed E-state index contributed by atoms with van der Waals surface area (Å²) in [7, 11) is -3.33. The first-order valence-electron chi connectivity index (χ1n) is 6.34. The Morgan fingerprint density at radius 1 is 1.47 bits per heavy atom. The van der Waals surface area contributed by atoms with Gasteiger partial charge in [-0.05, 0) is 45.2 Å². The van der Waals surface area contributed by atoms with E-state index in [4.69, 9.17) is 0 Å². The highest BCUT2D eigenvalue weighted by atomic mass is 35.5. The Hall–Kier alpha value is -0.370. The van der Waals surface area contributed by atoms with Crippen LogP contribution in [0.4, 0.5) is 0 Å². The fourth-order valence-corrected chi connectivity index (χ4v) is 2.85. The van der Waals surface area contributed by atoms with Crippen molar-refractivity contribution in [2.24, 2.45) is 5.92 Å². The van der Waals surface area contributed by atoms with Crippen molar-refractivity contribution in [3.05, 3.63) is 0 Å². The van der Waals surface area contributed by atoms with Crippen LogP contribution in [0.3, 0.4) is 0 Å². The first kappa shape index (κ1) is 18.6. The normalized spacial score (nSPS) is 21.3. The summed E-state index contributed by atoms with van der Waals surface area (Å²) in [4.78, 5) is 11.6. The molecule has 2 unspecified atom stereocenters. The standard InChI is InChI=1S/C11H23N3O3S.ClH/c1-9(14-18(2,16)17)11(15)13-7-5-10-4-3-6-12-8-10;/h9-10,12,14H,3-8H2,1-2H3,(H,13,15);1H. The van der Waals surface area contributed by atoms with E-state index in [1.165, 1.54) is 12.8 Å². The molecule has 0 saturated carbocycles. The number of amides is 1. The third kappa shape index (κ3) is 8.41. The summed E-state index contributed by atoms with van der Waals surface area (Å²) in [6, 6.07) is -0.718. The van der Waals surface area contributed by atoms with Gasteiger partial charge in [0.15, 0.2) is 0 Å². The number of rotatable bonds is 6. The largest absolute Gasteiger partial charge is 0.355 e. The maximum Gasteiger partial charge on any atom is 0.237 e. The lowest BCUT2D eigenvalue weighted by molar-refractivity contribution is -0.122. The zero-order valence-corrected chi connectivity index (χ0v) is 13.1. The molecule has 1 amide bonds. The maximum atomic E-state index is 11.6. The topological polar surface area (TPSA) is 87.3 Å². The second kappa shape index (κ2) is 8.73. The molecular weight excluding hydrogens is 290 g/mol. The smallest absolute Gasteiger partial charge is 0.237 e. The van der Waals surface area contributed by atoms with Gasteiger partial charge in [-0.15, -0.1) is 12.4 Å². The van der Waals surface area contributed by atoms with E-state index in [1.54, 1.807) is 6.92 Å². The minimum absolute atomic E-state index is 0. The van der Waals surface area contributed by atoms with E-state index in [0.29, 0.717) is 12.5 Å². The molecule has 0 bridgehead atoms. The van der Waals surface area contributed by atoms with Gasteiger partial charge < -0.3 is 10.6 Å². The summed E-state index contributed by atoms with van der Waals surface area (Å²) < 4.78 is 24.2. The van der Waals surface area contributed by atoms with Gasteiger partial charge in [0.25, 0.3) is 0 Å². The lowest BCUT2D eigenvalue weighted by Gasteiger charge is -2.23. The van der Waals surface area contributed by atoms with Crippen LogP contribution in [-0.2, 0) is 14.8 Å². The Bertz CT molecular complexity index is 369. The summed E-state index contributed by atoms with van der Waals surface area (Å²) in [6.07, 6.45) is 4.36. The summed E-state index contributed by atoms with van der Waals surface area (Å²) >= 11 is 0. The highest BCUT2D eigenvalue weighted by Gasteiger charge is 2.17. The molecule has 19 heavy (non-hydrogen) atoms. The van der Waals surface area contributed by atoms with E-state index in [1.807, 2.05) is 0 Å². The van der Waals surface area contributed by atoms with Crippen LogP contribution in [0.5, 0.6) is 0 Å². The Morgan fingerprint density at radius 2 is 2.16 bits per heavy atom. The molecule has 0 spiro atoms. The highest BCUT2D eigenvalue weighted by Crippen LogP contribution is 2.12. The van der Waals surface area contributed by atoms with Gasteiger partial charge >= 0.3 is 0 Å². The van der Waals surface area contributed by atoms with Gasteiger partial charge in [0.1, 0.15) is 0 Å². The van der Waals surface area contributed by atoms with Crippen molar-refractivity contribution in [1.29, 1.82) is 0 Å². The number of piperidine rings is 1. The first-order chi connectivity index (χ1) is 8.38. The van der Waals surface area contributed by atoms with Gasteiger partial charge in [0.2, 0.25) is 15.9 Å². The molecule has 0 aromatic carbocycles. The lowest BCUT2D eigenvalue weighted by Crippen LogP contribution is -2.45. The molecule has 0 aromatic heterocycles. The van der Waals surface area contributed by atoms with E-state index in [9.17, 15) is 13.2 Å². The number of halogens is 1. The molecule has 1 heterocycles. The number of nitrogens with one attached hydrogen (secondary N) is 3. The average molecular weight is 314 g/mol. The molecule has 1 aliphatic heterocycles. The molecule has 1 rings (SSSR count). The van der Waals surface area contributed by atoms with Gasteiger partial charge in [-0.2, -0.15) is 0 Å². The predicted molar refractivity (Wildman–Crippen MR) is 77.9 cm³/mol. The number of hydrogen-bond acceptors (Lipinski definition) is 4. The minimum Gasteiger partial charge on any atom is -0.355 e. The number of sulfonamides is 1. The molecule has 1 fully saturated rings. The van der Waals surface area contributed by atoms with Gasteiger partial charge in [-0.25, -0.2) is 13.1 Å². The Labute approximate surface area is 121 Å². The Balaban J connectivity index is 0.00000324. The van der Waals surface area contributed by atoms with E-state index < -0.39 is 16.1 Å². The van der Waals surface area contributed by atoms with Crippen LogP contribution in [0.2, 0.25) is 0 Å². The first-order valence-corrected chi connectivity index (χ1v) is 8.23. The van der Waals surface area contributed by atoms with Crippen LogP contribution < -0.4 is 15.4 Å². The zero-order chi connectivity index (χ0) is 13.6. The lowest BCUT2D eigenvalue weighted by atomic mass is 9.96. The average Bonchev–Trinajstić information content (AvgIpc) is 2.28. The third-order valence-electron chi connectivity index (χ3n) is 3.03. The van der Waals surface area contributed by atoms with E-state index in [-0.39, 0.29) is 18.3 Å². The van der Waals surface area contributed by atoms with Crippen LogP contribution in [0.1, 0.15) is 26.2 Å². The van der Waals surface area contributed by atoms with Crippen molar-refractivity contribution in [1.82, 2.24) is 15.4 Å². The molecule has 0 aliphatic carbocycles. The van der Waals surface area contributed by atoms with Crippen molar-refractivity contribution in [2.75, 3.05) is 25.9 Å². The van der Waals surface area contributed by atoms with Crippen LogP contribution in [0.25, 0.3) is 0 Å². The molecule has 1 aliphatic rings. The van der Waals surface area contributed by atoms with Gasteiger partial charge in [-0.3, -0.25) is 4.79 Å². The highest BCUT2D eigenvalue weighted by molar-refractivity contribution is 7.88. The summed E-state index contributed by atoms with van der Waals surface area (Å²) in [6.45, 7) is 4.23. The second-order valence-electron chi connectivity index (χ2n) is 4.90. The molecular formula is C11H24ClN3O3S. The maximum absolute atomic E-state index is 11.6. The van der Waals surface area contributed by atoms with Crippen molar-refractivity contribution < 1.29 is 13.2 Å². The predicted octanol–water partition coefficient (Wildman–Crippen LogP) is -0.148. The molecule has 2 atom stereocenters. The van der Waals surface area contributed by atoms with E-state index >= 15 is 0 Å². The fourth-order valence-electron chi connectivity index (χ4n) is 2.10. The number of hydrogen-bond donors (Lipinski definition) is 3. The fraction of sp³-hybridized carbons (Fsp3) is 0.909. The van der Waals surface area contributed by atoms with Gasteiger partial charge in [0, 0.05) is 6.54 Å². The van der Waals surface area contributed by atoms with Crippen LogP contribution in [-0.4, -0.2) is 46.3 Å². The number of carbonyl (C=O) groups excluding carboxylic acids is 1. The van der Waals surface area contributed by atoms with Crippen LogP contribution >= 0.6 is 12.4 Å². The Morgan fingerprint density at radius 3 is 2.68 bits per heavy atom. The van der Waals surface area contributed by atoms with E-state index in [0.717, 1.165) is 25.8 Å². The quantitative estimate of drug-likeness (QED) is 0.636. The van der Waals surface area contributed by atoms with Crippen molar-refractivity contribution in [2.45, 2.75) is 32.2 Å². The third-order valence-corrected chi connectivity index (χ3v) is 3.82. The minimum atomic E-state index is -3.33. The number of carbonyl (C=O) groups is 1. The molecule has 6 nitrogen and oxygen atoms in total. The Kier molecular flexibility index (Phi) is 8.56. The summed E-state index contributed by atoms with van der Waals surface area (Å²) in [5, 5.41) is 6.08.